The van der Waals surface area contributed by atoms with E-state index in [-0.39, 0.29) is 29.6 Å². The maximum Gasteiger partial charge on any atom is 0.315 e. The van der Waals surface area contributed by atoms with Crippen molar-refractivity contribution in [2.24, 2.45) is 50.7 Å². The number of hydrogen-bond donors (Lipinski definition) is 15. The van der Waals surface area contributed by atoms with Crippen molar-refractivity contribution >= 4 is 17.9 Å². The summed E-state index contributed by atoms with van der Waals surface area (Å²) in [6, 6.07) is 0. The molecular weight excluding hydrogens is 1180 g/mol. The first-order valence-corrected chi connectivity index (χ1v) is 31.2. The summed E-state index contributed by atoms with van der Waals surface area (Å²) in [6.07, 6.45) is -36.4. The summed E-state index contributed by atoms with van der Waals surface area (Å²) in [5.41, 5.74) is -3.27. The number of carbonyl (C=O) groups excluding carboxylic acids is 2. The number of hydrogen-bond acceptors (Lipinski definition) is 28. The topological polar surface area (TPSA) is 456 Å². The quantitative estimate of drug-likeness (QED) is 0.0460. The Kier molecular flexibility index (Phi) is 20.0. The highest BCUT2D eigenvalue weighted by molar-refractivity contribution is 5.79. The summed E-state index contributed by atoms with van der Waals surface area (Å²) in [4.78, 5) is 40.5. The second kappa shape index (κ2) is 25.8. The van der Waals surface area contributed by atoms with Gasteiger partial charge in [-0.2, -0.15) is 0 Å². The number of fused-ring (bicyclic) bond motifs is 7. The number of ether oxygens (including phenoxy) is 11. The van der Waals surface area contributed by atoms with E-state index < -0.39 is 225 Å². The molecule has 29 nitrogen and oxygen atoms in total. The Hall–Kier alpha value is -2.77. The van der Waals surface area contributed by atoms with Crippen molar-refractivity contribution in [1.82, 2.24) is 0 Å². The Labute approximate surface area is 514 Å². The van der Waals surface area contributed by atoms with Crippen molar-refractivity contribution in [3.05, 3.63) is 11.6 Å². The number of carbonyl (C=O) groups is 3. The SMILES string of the molecule is CC(=O)OC[C@H]1O[C@@H](O[C@@H]2CO[C@@H](O[C@@H]3[C@@H](O)[C@@H](O)[C@@H](O[C@H]4[C@H](OC(=O)[C@@]56CC[C@H]7C(=CC[C@H]8[C@@]9(C)C[C@H](O)[C@H](O[C@@H]%10O[C@H](CO)[C@@H](O)[C@H](O)[C@H]%10O)[C@@](C)(C(=O)O)[C@@H]9CC[C@]87C)[C@@H]5CC(C)(C)CC6)O[C@H](C)[C@H](O)[C@@H]4O)O[C@H]3C)[C@H](O)[C@H]2O)[C@H](O)[C@@H](O)[C@H]1O. The van der Waals surface area contributed by atoms with Crippen LogP contribution in [0.5, 0.6) is 0 Å². The van der Waals surface area contributed by atoms with E-state index >= 15 is 4.79 Å². The van der Waals surface area contributed by atoms with E-state index in [0.717, 1.165) is 12.5 Å². The number of rotatable bonds is 14. The summed E-state index contributed by atoms with van der Waals surface area (Å²) in [6.45, 7) is 12.3. The monoisotopic (exact) mass is 1280 g/mol. The molecule has 5 saturated heterocycles. The Morgan fingerprint density at radius 1 is 0.562 bits per heavy atom. The van der Waals surface area contributed by atoms with E-state index in [4.69, 9.17) is 52.1 Å². The molecule has 508 valence electrons. The number of carboxylic acids is 1. The number of esters is 2. The molecule has 0 unspecified atom stereocenters. The van der Waals surface area contributed by atoms with Crippen LogP contribution in [0.3, 0.4) is 0 Å². The highest BCUT2D eigenvalue weighted by Crippen LogP contribution is 2.72. The molecule has 10 rings (SSSR count). The molecule has 89 heavy (non-hydrogen) atoms. The molecule has 4 saturated carbocycles. The predicted molar refractivity (Wildman–Crippen MR) is 295 cm³/mol. The second-order valence-corrected chi connectivity index (χ2v) is 28.5. The number of aliphatic carboxylic acids is 1. The van der Waals surface area contributed by atoms with E-state index in [1.54, 1.807) is 0 Å². The van der Waals surface area contributed by atoms with Crippen LogP contribution in [0, 0.1) is 50.7 Å². The minimum Gasteiger partial charge on any atom is -0.481 e. The molecule has 34 atom stereocenters. The second-order valence-electron chi connectivity index (χ2n) is 28.5. The largest absolute Gasteiger partial charge is 0.481 e. The van der Waals surface area contributed by atoms with Gasteiger partial charge < -0.3 is 129 Å². The Morgan fingerprint density at radius 2 is 1.15 bits per heavy atom. The molecule has 0 bridgehead atoms. The molecule has 5 aliphatic carbocycles. The molecule has 29 heteroatoms. The molecule has 0 aromatic heterocycles. The third-order valence-corrected chi connectivity index (χ3v) is 22.6. The zero-order valence-electron chi connectivity index (χ0n) is 51.3. The Morgan fingerprint density at radius 3 is 1.80 bits per heavy atom. The van der Waals surface area contributed by atoms with Crippen molar-refractivity contribution < 1.29 is 143 Å². The highest BCUT2D eigenvalue weighted by atomic mass is 16.8. The van der Waals surface area contributed by atoms with Gasteiger partial charge in [-0.3, -0.25) is 14.4 Å². The Bertz CT molecular complexity index is 2560. The Balaban J connectivity index is 0.822. The van der Waals surface area contributed by atoms with Gasteiger partial charge in [-0.15, -0.1) is 0 Å². The number of allylic oxidation sites excluding steroid dienone is 2. The van der Waals surface area contributed by atoms with Gasteiger partial charge in [0.2, 0.25) is 6.29 Å². The summed E-state index contributed by atoms with van der Waals surface area (Å²) < 4.78 is 64.1. The summed E-state index contributed by atoms with van der Waals surface area (Å²) in [5, 5.41) is 165. The lowest BCUT2D eigenvalue weighted by Crippen LogP contribution is -2.69. The highest BCUT2D eigenvalue weighted by Gasteiger charge is 2.71. The maximum atomic E-state index is 15.4. The number of aliphatic hydroxyl groups excluding tert-OH is 14. The van der Waals surface area contributed by atoms with Gasteiger partial charge in [0.1, 0.15) is 110 Å². The molecule has 5 heterocycles. The van der Waals surface area contributed by atoms with Gasteiger partial charge in [0.15, 0.2) is 31.3 Å². The van der Waals surface area contributed by atoms with Crippen LogP contribution in [0.1, 0.15) is 113 Å². The third-order valence-electron chi connectivity index (χ3n) is 22.6. The minimum atomic E-state index is -1.98. The molecule has 0 aromatic rings. The third kappa shape index (κ3) is 12.1. The first-order valence-electron chi connectivity index (χ1n) is 31.2. The fourth-order valence-electron chi connectivity index (χ4n) is 17.5. The van der Waals surface area contributed by atoms with Gasteiger partial charge in [-0.05, 0) is 118 Å². The fourth-order valence-corrected chi connectivity index (χ4v) is 17.5. The molecule has 10 aliphatic rings. The van der Waals surface area contributed by atoms with Gasteiger partial charge in [0.25, 0.3) is 0 Å². The van der Waals surface area contributed by atoms with Crippen molar-refractivity contribution in [2.75, 3.05) is 19.8 Å². The molecule has 5 aliphatic heterocycles. The molecular formula is C60H94O29. The lowest BCUT2D eigenvalue weighted by Gasteiger charge is -2.68. The van der Waals surface area contributed by atoms with Crippen molar-refractivity contribution in [3.63, 3.8) is 0 Å². The predicted octanol–water partition coefficient (Wildman–Crippen LogP) is -3.30. The molecule has 0 radical (unpaired) electrons. The van der Waals surface area contributed by atoms with E-state index in [1.807, 2.05) is 6.92 Å². The van der Waals surface area contributed by atoms with Crippen LogP contribution in [0.25, 0.3) is 0 Å². The normalized spacial score (nSPS) is 53.2. The van der Waals surface area contributed by atoms with E-state index in [9.17, 15) is 86.2 Å². The first-order chi connectivity index (χ1) is 41.6. The number of aliphatic hydroxyl groups is 14. The van der Waals surface area contributed by atoms with Crippen LogP contribution in [0.4, 0.5) is 0 Å². The van der Waals surface area contributed by atoms with Crippen LogP contribution in [-0.4, -0.2) is 274 Å². The van der Waals surface area contributed by atoms with Crippen molar-refractivity contribution in [2.45, 2.75) is 273 Å². The lowest BCUT2D eigenvalue weighted by atomic mass is 9.36. The average Bonchev–Trinajstić information content (AvgIpc) is 0.851. The van der Waals surface area contributed by atoms with E-state index in [2.05, 4.69) is 26.8 Å². The fraction of sp³-hybridized carbons (Fsp3) is 0.917. The summed E-state index contributed by atoms with van der Waals surface area (Å²) in [7, 11) is 0. The molecule has 9 fully saturated rings. The van der Waals surface area contributed by atoms with Gasteiger partial charge in [-0.25, -0.2) is 0 Å². The zero-order valence-corrected chi connectivity index (χ0v) is 51.3. The van der Waals surface area contributed by atoms with E-state index in [0.29, 0.717) is 51.4 Å². The maximum absolute atomic E-state index is 15.4. The minimum absolute atomic E-state index is 0.0803. The lowest BCUT2D eigenvalue weighted by molar-refractivity contribution is -0.378. The van der Waals surface area contributed by atoms with E-state index in [1.165, 1.54) is 20.8 Å². The van der Waals surface area contributed by atoms with Gasteiger partial charge in [0.05, 0.1) is 42.4 Å². The van der Waals surface area contributed by atoms with Crippen LogP contribution >= 0.6 is 0 Å². The van der Waals surface area contributed by atoms with Gasteiger partial charge in [-0.1, -0.05) is 39.3 Å². The molecule has 0 spiro atoms. The van der Waals surface area contributed by atoms with Crippen molar-refractivity contribution in [3.8, 4) is 0 Å². The van der Waals surface area contributed by atoms with Crippen LogP contribution in [0.2, 0.25) is 0 Å². The average molecular weight is 1280 g/mol. The summed E-state index contributed by atoms with van der Waals surface area (Å²) >= 11 is 0. The smallest absolute Gasteiger partial charge is 0.315 e. The standard InChI is InChI=1S/C60H94O29/c1-22-34(64)40(70)47(87-50-45(75)41(71)46(23(2)82-50)86-49-42(72)37(67)31(21-80-49)85-51-43(73)39(69)36(66)30(84-51)20-79-24(3)62)53(81-22)89-55(78)60-14-11-26-25(27(60)17-56(4,5)15-16-60)9-10-32-57(26,6)13-12-33-58(32,7)18-28(63)48(59(33,8)54(76)77)88-52-44(74)38(68)35(65)29(19-61)83-52/h9,22-23,26-53,61,63-75H,10-21H2,1-8H3,(H,76,77)/t22-,23+,26+,27+,28+,29-,30-,31-,32-,33-,34+,35-,36+,37+,38+,39+,40+,41+,42-,43-,44-,45-,46+,47-,48+,49+,50-,51+,52+,53+,57+,58-,59+,60-/m1/s1. The van der Waals surface area contributed by atoms with Crippen LogP contribution in [0.15, 0.2) is 11.6 Å². The number of carboxylic acid groups (broad SMARTS) is 1. The zero-order chi connectivity index (χ0) is 65.1. The first kappa shape index (κ1) is 69.1. The molecule has 0 amide bonds. The summed E-state index contributed by atoms with van der Waals surface area (Å²) in [5.74, 6) is -3.76. The molecule has 15 N–H and O–H groups in total. The molecule has 0 aromatic carbocycles. The van der Waals surface area contributed by atoms with Crippen LogP contribution in [-0.2, 0) is 66.5 Å². The van der Waals surface area contributed by atoms with Crippen molar-refractivity contribution in [1.29, 1.82) is 0 Å². The van der Waals surface area contributed by atoms with Crippen LogP contribution < -0.4 is 0 Å². The van der Waals surface area contributed by atoms with Gasteiger partial charge in [0, 0.05) is 6.92 Å². The van der Waals surface area contributed by atoms with Gasteiger partial charge >= 0.3 is 17.9 Å².